The molecule has 0 aliphatic carbocycles. The molecule has 2 amide bonds. The molecule has 1 atom stereocenters. The van der Waals surface area contributed by atoms with Crippen LogP contribution in [-0.4, -0.2) is 23.4 Å². The van der Waals surface area contributed by atoms with Crippen LogP contribution in [0.3, 0.4) is 0 Å². The molecule has 128 valence electrons. The second-order valence-electron chi connectivity index (χ2n) is 6.17. The minimum absolute atomic E-state index is 0.169. The largest absolute Gasteiger partial charge is 0.445 e. The average molecular weight is 338 g/mol. The van der Waals surface area contributed by atoms with E-state index in [9.17, 15) is 14.4 Å². The van der Waals surface area contributed by atoms with Gasteiger partial charge in [0.1, 0.15) is 0 Å². The van der Waals surface area contributed by atoms with Crippen molar-refractivity contribution in [3.8, 4) is 0 Å². The van der Waals surface area contributed by atoms with Crippen molar-refractivity contribution in [3.63, 3.8) is 0 Å². The maximum atomic E-state index is 12.6. The molecule has 6 nitrogen and oxygen atoms in total. The molecule has 0 aromatic heterocycles. The van der Waals surface area contributed by atoms with E-state index in [1.807, 2.05) is 12.1 Å². The molecule has 0 saturated heterocycles. The second kappa shape index (κ2) is 6.39. The van der Waals surface area contributed by atoms with Gasteiger partial charge in [-0.3, -0.25) is 9.59 Å². The third kappa shape index (κ3) is 3.52. The standard InChI is InChI=1S/C19H18N2O4/c1-12(22)20-14-7-9-15(10-8-14)21-18(24)19(2)11-13-5-3-4-6-16(13)17(23)25-19/h3-10H,11H2,1-2H3,(H,20,22)(H,21,24)/t19-/m1/s1. The fourth-order valence-corrected chi connectivity index (χ4v) is 2.76. The van der Waals surface area contributed by atoms with E-state index in [2.05, 4.69) is 10.6 Å². The number of hydrogen-bond acceptors (Lipinski definition) is 4. The zero-order valence-electron chi connectivity index (χ0n) is 14.0. The normalized spacial score (nSPS) is 18.7. The maximum Gasteiger partial charge on any atom is 0.339 e. The van der Waals surface area contributed by atoms with Crippen LogP contribution in [0.2, 0.25) is 0 Å². The van der Waals surface area contributed by atoms with Crippen LogP contribution in [0.5, 0.6) is 0 Å². The maximum absolute atomic E-state index is 12.6. The zero-order chi connectivity index (χ0) is 18.0. The number of esters is 1. The van der Waals surface area contributed by atoms with Gasteiger partial charge < -0.3 is 15.4 Å². The highest BCUT2D eigenvalue weighted by Crippen LogP contribution is 2.29. The van der Waals surface area contributed by atoms with Crippen molar-refractivity contribution < 1.29 is 19.1 Å². The number of carbonyl (C=O) groups excluding carboxylic acids is 3. The number of fused-ring (bicyclic) bond motifs is 1. The van der Waals surface area contributed by atoms with Gasteiger partial charge >= 0.3 is 5.97 Å². The van der Waals surface area contributed by atoms with Gasteiger partial charge in [-0.25, -0.2) is 4.79 Å². The summed E-state index contributed by atoms with van der Waals surface area (Å²) >= 11 is 0. The number of amides is 2. The lowest BCUT2D eigenvalue weighted by molar-refractivity contribution is -0.134. The topological polar surface area (TPSA) is 84.5 Å². The fraction of sp³-hybridized carbons (Fsp3) is 0.211. The molecule has 2 N–H and O–H groups in total. The summed E-state index contributed by atoms with van der Waals surface area (Å²) in [6.07, 6.45) is 0.310. The molecule has 6 heteroatoms. The van der Waals surface area contributed by atoms with Gasteiger partial charge in [0, 0.05) is 24.7 Å². The van der Waals surface area contributed by atoms with E-state index in [-0.39, 0.29) is 5.91 Å². The molecule has 3 rings (SSSR count). The van der Waals surface area contributed by atoms with E-state index in [1.165, 1.54) is 6.92 Å². The van der Waals surface area contributed by atoms with Crippen molar-refractivity contribution in [2.24, 2.45) is 0 Å². The zero-order valence-corrected chi connectivity index (χ0v) is 14.0. The van der Waals surface area contributed by atoms with Crippen LogP contribution in [0.1, 0.15) is 29.8 Å². The molecule has 2 aromatic rings. The molecule has 0 fully saturated rings. The highest BCUT2D eigenvalue weighted by atomic mass is 16.6. The van der Waals surface area contributed by atoms with Crippen molar-refractivity contribution in [1.82, 2.24) is 0 Å². The van der Waals surface area contributed by atoms with Crippen molar-refractivity contribution >= 4 is 29.2 Å². The van der Waals surface area contributed by atoms with Gasteiger partial charge in [0.05, 0.1) is 5.56 Å². The Kier molecular flexibility index (Phi) is 4.27. The van der Waals surface area contributed by atoms with Crippen LogP contribution < -0.4 is 10.6 Å². The average Bonchev–Trinajstić information content (AvgIpc) is 2.56. The number of cyclic esters (lactones) is 1. The van der Waals surface area contributed by atoms with Crippen molar-refractivity contribution in [2.45, 2.75) is 25.9 Å². The number of ether oxygens (including phenoxy) is 1. The predicted molar refractivity (Wildman–Crippen MR) is 93.3 cm³/mol. The molecule has 1 aliphatic heterocycles. The summed E-state index contributed by atoms with van der Waals surface area (Å²) in [7, 11) is 0. The van der Waals surface area contributed by atoms with Gasteiger partial charge in [-0.2, -0.15) is 0 Å². The number of carbonyl (C=O) groups is 3. The summed E-state index contributed by atoms with van der Waals surface area (Å²) in [6, 6.07) is 13.8. The molecule has 1 heterocycles. The third-order valence-corrected chi connectivity index (χ3v) is 4.03. The molecule has 0 radical (unpaired) electrons. The molecular formula is C19H18N2O4. The Morgan fingerprint density at radius 2 is 1.60 bits per heavy atom. The Bertz CT molecular complexity index is 845. The van der Waals surface area contributed by atoms with Gasteiger partial charge in [-0.15, -0.1) is 0 Å². The monoisotopic (exact) mass is 338 g/mol. The summed E-state index contributed by atoms with van der Waals surface area (Å²) in [5.41, 5.74) is 1.19. The number of anilines is 2. The van der Waals surface area contributed by atoms with E-state index in [1.54, 1.807) is 43.3 Å². The third-order valence-electron chi connectivity index (χ3n) is 4.03. The summed E-state index contributed by atoms with van der Waals surface area (Å²) < 4.78 is 5.40. The molecule has 0 bridgehead atoms. The van der Waals surface area contributed by atoms with Crippen LogP contribution in [0.4, 0.5) is 11.4 Å². The van der Waals surface area contributed by atoms with Gasteiger partial charge in [-0.1, -0.05) is 18.2 Å². The van der Waals surface area contributed by atoms with Crippen LogP contribution in [0.15, 0.2) is 48.5 Å². The Morgan fingerprint density at radius 1 is 1.00 bits per heavy atom. The predicted octanol–water partition coefficient (Wildman–Crippen LogP) is 2.76. The number of nitrogens with one attached hydrogen (secondary N) is 2. The second-order valence-corrected chi connectivity index (χ2v) is 6.17. The van der Waals surface area contributed by atoms with E-state index in [4.69, 9.17) is 4.74 Å². The van der Waals surface area contributed by atoms with Gasteiger partial charge in [-0.05, 0) is 42.8 Å². The van der Waals surface area contributed by atoms with E-state index < -0.39 is 17.5 Å². The van der Waals surface area contributed by atoms with E-state index >= 15 is 0 Å². The Balaban J connectivity index is 1.75. The summed E-state index contributed by atoms with van der Waals surface area (Å²) in [5, 5.41) is 5.41. The summed E-state index contributed by atoms with van der Waals surface area (Å²) in [6.45, 7) is 3.02. The van der Waals surface area contributed by atoms with E-state index in [0.29, 0.717) is 23.4 Å². The number of benzene rings is 2. The van der Waals surface area contributed by atoms with Gasteiger partial charge in [0.15, 0.2) is 5.60 Å². The van der Waals surface area contributed by atoms with Crippen LogP contribution in [0.25, 0.3) is 0 Å². The first kappa shape index (κ1) is 16.7. The summed E-state index contributed by atoms with van der Waals surface area (Å²) in [5.74, 6) is -1.07. The van der Waals surface area contributed by atoms with Gasteiger partial charge in [0.2, 0.25) is 5.91 Å². The first-order valence-electron chi connectivity index (χ1n) is 7.88. The summed E-state index contributed by atoms with van der Waals surface area (Å²) in [4.78, 5) is 35.8. The Labute approximate surface area is 145 Å². The first-order valence-corrected chi connectivity index (χ1v) is 7.88. The number of hydrogen-bond donors (Lipinski definition) is 2. The highest BCUT2D eigenvalue weighted by Gasteiger charge is 2.42. The first-order chi connectivity index (χ1) is 11.9. The van der Waals surface area contributed by atoms with Crippen molar-refractivity contribution in [1.29, 1.82) is 0 Å². The lowest BCUT2D eigenvalue weighted by Crippen LogP contribution is -2.48. The number of rotatable bonds is 3. The Morgan fingerprint density at radius 3 is 2.24 bits per heavy atom. The van der Waals surface area contributed by atoms with E-state index in [0.717, 1.165) is 5.56 Å². The molecule has 0 saturated carbocycles. The lowest BCUT2D eigenvalue weighted by atomic mass is 9.89. The highest BCUT2D eigenvalue weighted by molar-refractivity contribution is 6.02. The molecule has 0 spiro atoms. The molecule has 0 unspecified atom stereocenters. The van der Waals surface area contributed by atoms with Crippen LogP contribution >= 0.6 is 0 Å². The molecule has 2 aromatic carbocycles. The van der Waals surface area contributed by atoms with Crippen molar-refractivity contribution in [3.05, 3.63) is 59.7 Å². The van der Waals surface area contributed by atoms with Crippen LogP contribution in [0, 0.1) is 0 Å². The fourth-order valence-electron chi connectivity index (χ4n) is 2.76. The molecule has 25 heavy (non-hydrogen) atoms. The van der Waals surface area contributed by atoms with Gasteiger partial charge in [0.25, 0.3) is 5.91 Å². The quantitative estimate of drug-likeness (QED) is 0.843. The van der Waals surface area contributed by atoms with Crippen molar-refractivity contribution in [2.75, 3.05) is 10.6 Å². The minimum atomic E-state index is -1.28. The molecule has 1 aliphatic rings. The minimum Gasteiger partial charge on any atom is -0.445 e. The Hall–Kier alpha value is -3.15. The van der Waals surface area contributed by atoms with Crippen LogP contribution in [-0.2, 0) is 20.7 Å². The molecular weight excluding hydrogens is 320 g/mol. The smallest absolute Gasteiger partial charge is 0.339 e. The lowest BCUT2D eigenvalue weighted by Gasteiger charge is -2.33. The SMILES string of the molecule is CC(=O)Nc1ccc(NC(=O)[C@@]2(C)Cc3ccccc3C(=O)O2)cc1.